The number of fused-ring (bicyclic) bond motifs is 1. The van der Waals surface area contributed by atoms with E-state index in [1.165, 1.54) is 0 Å². The lowest BCUT2D eigenvalue weighted by Gasteiger charge is -2.06. The highest BCUT2D eigenvalue weighted by Crippen LogP contribution is 2.28. The first-order valence-corrected chi connectivity index (χ1v) is 5.73. The molecule has 86 valence electrons. The van der Waals surface area contributed by atoms with Gasteiger partial charge < -0.3 is 9.67 Å². The molecule has 0 saturated heterocycles. The molecule has 2 rings (SSSR count). The van der Waals surface area contributed by atoms with E-state index < -0.39 is 0 Å². The zero-order valence-electron chi connectivity index (χ0n) is 9.20. The molecule has 0 aliphatic carbocycles. The minimum absolute atomic E-state index is 0.0162. The maximum Gasteiger partial charge on any atom is 0.0726 e. The molecule has 0 amide bonds. The molecule has 0 saturated carbocycles. The smallest absolute Gasteiger partial charge is 0.0726 e. The molecule has 2 N–H and O–H groups in total. The lowest BCUT2D eigenvalue weighted by Crippen LogP contribution is -2.16. The summed E-state index contributed by atoms with van der Waals surface area (Å²) in [6, 6.07) is 5.84. The molecule has 3 nitrogen and oxygen atoms in total. The lowest BCUT2D eigenvalue weighted by molar-refractivity contribution is 0.283. The Balaban J connectivity index is 2.53. The van der Waals surface area contributed by atoms with E-state index >= 15 is 0 Å². The number of rotatable bonds is 4. The van der Waals surface area contributed by atoms with Crippen LogP contribution in [-0.2, 0) is 13.3 Å². The summed E-state index contributed by atoms with van der Waals surface area (Å²) in [5.41, 5.74) is 1.93. The molecular formula is C12H15ClN2O. The Morgan fingerprint density at radius 3 is 2.94 bits per heavy atom. The molecule has 1 heterocycles. The molecule has 0 aliphatic heterocycles. The quantitative estimate of drug-likeness (QED) is 0.858. The zero-order chi connectivity index (χ0) is 11.5. The molecule has 2 aromatic rings. The van der Waals surface area contributed by atoms with Gasteiger partial charge in [-0.2, -0.15) is 0 Å². The maximum atomic E-state index is 9.26. The zero-order valence-corrected chi connectivity index (χ0v) is 9.96. The van der Waals surface area contributed by atoms with Crippen molar-refractivity contribution in [1.29, 1.82) is 0 Å². The number of benzene rings is 1. The summed E-state index contributed by atoms with van der Waals surface area (Å²) in [5.74, 6) is 0. The average molecular weight is 239 g/mol. The Morgan fingerprint density at radius 1 is 1.44 bits per heavy atom. The second-order valence-electron chi connectivity index (χ2n) is 3.68. The van der Waals surface area contributed by atoms with E-state index in [2.05, 4.69) is 16.8 Å². The largest absolute Gasteiger partial charge is 0.392 e. The van der Waals surface area contributed by atoms with E-state index in [0.29, 0.717) is 5.02 Å². The molecule has 0 bridgehead atoms. The van der Waals surface area contributed by atoms with Crippen LogP contribution in [0.15, 0.2) is 24.4 Å². The first-order valence-electron chi connectivity index (χ1n) is 5.35. The fraction of sp³-hybridized carbons (Fsp3) is 0.333. The van der Waals surface area contributed by atoms with Crippen LogP contribution < -0.4 is 5.32 Å². The van der Waals surface area contributed by atoms with Crippen molar-refractivity contribution in [2.24, 2.45) is 0 Å². The van der Waals surface area contributed by atoms with Gasteiger partial charge in [0, 0.05) is 11.6 Å². The number of hydrogen-bond acceptors (Lipinski definition) is 2. The van der Waals surface area contributed by atoms with Gasteiger partial charge in [0.2, 0.25) is 0 Å². The summed E-state index contributed by atoms with van der Waals surface area (Å²) in [6.45, 7) is 3.72. The SMILES string of the molecule is CCNCn1cc(Cl)c2c(CO)cccc21. The van der Waals surface area contributed by atoms with Gasteiger partial charge in [0.15, 0.2) is 0 Å². The molecule has 0 fully saturated rings. The molecule has 0 atom stereocenters. The molecule has 0 unspecified atom stereocenters. The molecule has 16 heavy (non-hydrogen) atoms. The van der Waals surface area contributed by atoms with Crippen LogP contribution in [0.3, 0.4) is 0 Å². The Kier molecular flexibility index (Phi) is 3.49. The van der Waals surface area contributed by atoms with Crippen LogP contribution in [0.1, 0.15) is 12.5 Å². The van der Waals surface area contributed by atoms with Crippen molar-refractivity contribution >= 4 is 22.5 Å². The van der Waals surface area contributed by atoms with Crippen LogP contribution in [0.2, 0.25) is 5.02 Å². The number of nitrogens with zero attached hydrogens (tertiary/aromatic N) is 1. The molecule has 4 heteroatoms. The number of aromatic nitrogens is 1. The first kappa shape index (κ1) is 11.5. The third kappa shape index (κ3) is 1.94. The monoisotopic (exact) mass is 238 g/mol. The van der Waals surface area contributed by atoms with Gasteiger partial charge in [-0.3, -0.25) is 5.32 Å². The summed E-state index contributed by atoms with van der Waals surface area (Å²) < 4.78 is 2.06. The molecular weight excluding hydrogens is 224 g/mol. The van der Waals surface area contributed by atoms with Crippen LogP contribution in [0.5, 0.6) is 0 Å². The minimum atomic E-state index is 0.0162. The standard InChI is InChI=1S/C12H15ClN2O/c1-2-14-8-15-6-10(13)12-9(7-16)4-3-5-11(12)15/h3-6,14,16H,2,7-8H2,1H3. The van der Waals surface area contributed by atoms with Gasteiger partial charge in [-0.15, -0.1) is 0 Å². The number of aliphatic hydroxyl groups excluding tert-OH is 1. The third-order valence-electron chi connectivity index (χ3n) is 2.65. The van der Waals surface area contributed by atoms with Gasteiger partial charge in [-0.05, 0) is 18.2 Å². The van der Waals surface area contributed by atoms with Crippen LogP contribution in [-0.4, -0.2) is 16.2 Å². The third-order valence-corrected chi connectivity index (χ3v) is 2.94. The summed E-state index contributed by atoms with van der Waals surface area (Å²) >= 11 is 6.18. The molecule has 0 aliphatic rings. The average Bonchev–Trinajstić information content (AvgIpc) is 2.64. The predicted molar refractivity (Wildman–Crippen MR) is 66.5 cm³/mol. The highest BCUT2D eigenvalue weighted by molar-refractivity contribution is 6.35. The number of hydrogen-bond donors (Lipinski definition) is 2. The fourth-order valence-electron chi connectivity index (χ4n) is 1.87. The van der Waals surface area contributed by atoms with E-state index in [4.69, 9.17) is 11.6 Å². The lowest BCUT2D eigenvalue weighted by atomic mass is 10.1. The molecule has 0 radical (unpaired) electrons. The van der Waals surface area contributed by atoms with Gasteiger partial charge in [0.05, 0.1) is 23.8 Å². The van der Waals surface area contributed by atoms with Crippen LogP contribution in [0.4, 0.5) is 0 Å². The van der Waals surface area contributed by atoms with Gasteiger partial charge in [-0.25, -0.2) is 0 Å². The molecule has 0 spiro atoms. The van der Waals surface area contributed by atoms with Gasteiger partial charge >= 0.3 is 0 Å². The van der Waals surface area contributed by atoms with Crippen LogP contribution in [0, 0.1) is 0 Å². The normalized spacial score (nSPS) is 11.2. The van der Waals surface area contributed by atoms with E-state index in [1.807, 2.05) is 24.4 Å². The van der Waals surface area contributed by atoms with Crippen molar-refractivity contribution in [3.05, 3.63) is 35.0 Å². The van der Waals surface area contributed by atoms with Crippen molar-refractivity contribution in [3.8, 4) is 0 Å². The summed E-state index contributed by atoms with van der Waals surface area (Å²) in [4.78, 5) is 0. The van der Waals surface area contributed by atoms with E-state index in [1.54, 1.807) is 0 Å². The minimum Gasteiger partial charge on any atom is -0.392 e. The molecule has 1 aromatic carbocycles. The second-order valence-corrected chi connectivity index (χ2v) is 4.09. The second kappa shape index (κ2) is 4.87. The Morgan fingerprint density at radius 2 is 2.25 bits per heavy atom. The van der Waals surface area contributed by atoms with Gasteiger partial charge in [0.25, 0.3) is 0 Å². The topological polar surface area (TPSA) is 37.2 Å². The van der Waals surface area contributed by atoms with Crippen LogP contribution >= 0.6 is 11.6 Å². The summed E-state index contributed by atoms with van der Waals surface area (Å²) in [6.07, 6.45) is 1.90. The number of halogens is 1. The Hall–Kier alpha value is -1.03. The van der Waals surface area contributed by atoms with Crippen molar-refractivity contribution in [1.82, 2.24) is 9.88 Å². The fourth-order valence-corrected chi connectivity index (χ4v) is 2.20. The summed E-state index contributed by atoms with van der Waals surface area (Å²) in [7, 11) is 0. The van der Waals surface area contributed by atoms with Crippen molar-refractivity contribution in [3.63, 3.8) is 0 Å². The maximum absolute atomic E-state index is 9.26. The highest BCUT2D eigenvalue weighted by atomic mass is 35.5. The number of aliphatic hydroxyl groups is 1. The number of nitrogens with one attached hydrogen (secondary N) is 1. The van der Waals surface area contributed by atoms with Crippen molar-refractivity contribution in [2.45, 2.75) is 20.2 Å². The highest BCUT2D eigenvalue weighted by Gasteiger charge is 2.09. The van der Waals surface area contributed by atoms with Crippen LogP contribution in [0.25, 0.3) is 10.9 Å². The Bertz CT molecular complexity index is 493. The summed E-state index contributed by atoms with van der Waals surface area (Å²) in [5, 5.41) is 14.2. The first-order chi connectivity index (χ1) is 7.77. The van der Waals surface area contributed by atoms with E-state index in [9.17, 15) is 5.11 Å². The predicted octanol–water partition coefficient (Wildman–Crippen LogP) is 2.35. The van der Waals surface area contributed by atoms with E-state index in [0.717, 1.165) is 29.7 Å². The van der Waals surface area contributed by atoms with Gasteiger partial charge in [0.1, 0.15) is 0 Å². The van der Waals surface area contributed by atoms with Gasteiger partial charge in [-0.1, -0.05) is 30.7 Å². The van der Waals surface area contributed by atoms with Crippen molar-refractivity contribution < 1.29 is 5.11 Å². The van der Waals surface area contributed by atoms with E-state index in [-0.39, 0.29) is 6.61 Å². The van der Waals surface area contributed by atoms with Crippen molar-refractivity contribution in [2.75, 3.05) is 6.54 Å². The molecule has 1 aromatic heterocycles. The Labute approximate surface area is 99.6 Å².